The van der Waals surface area contributed by atoms with Gasteiger partial charge in [-0.25, -0.2) is 0 Å². The first kappa shape index (κ1) is 30.4. The van der Waals surface area contributed by atoms with E-state index in [-0.39, 0.29) is 24.0 Å². The molecule has 0 aromatic carbocycles. The van der Waals surface area contributed by atoms with Crippen LogP contribution in [-0.4, -0.2) is 35.1 Å². The number of hydrogen-bond donors (Lipinski definition) is 3. The van der Waals surface area contributed by atoms with E-state index < -0.39 is 0 Å². The molecule has 107 valence electrons. The van der Waals surface area contributed by atoms with E-state index in [0.29, 0.717) is 19.8 Å². The molecule has 0 aliphatic carbocycles. The fourth-order valence-corrected chi connectivity index (χ4v) is 0.474. The normalized spacial score (nSPS) is 7.41. The summed E-state index contributed by atoms with van der Waals surface area (Å²) in [4.78, 5) is 0. The van der Waals surface area contributed by atoms with E-state index in [1.54, 1.807) is 0 Å². The molecule has 17 heavy (non-hydrogen) atoms. The Hall–Kier alpha value is 0.424. The van der Waals surface area contributed by atoms with Crippen LogP contribution in [0.1, 0.15) is 59.3 Å². The van der Waals surface area contributed by atoms with Crippen molar-refractivity contribution < 1.29 is 39.4 Å². The average molecular weight is 289 g/mol. The van der Waals surface area contributed by atoms with E-state index in [9.17, 15) is 0 Å². The van der Waals surface area contributed by atoms with Crippen molar-refractivity contribution in [1.29, 1.82) is 0 Å². The summed E-state index contributed by atoms with van der Waals surface area (Å²) in [5.41, 5.74) is 0. The summed E-state index contributed by atoms with van der Waals surface area (Å²) in [6.45, 7) is 7.19. The van der Waals surface area contributed by atoms with Crippen molar-refractivity contribution in [2.45, 2.75) is 59.3 Å². The van der Waals surface area contributed by atoms with Crippen LogP contribution in [0.2, 0.25) is 0 Å². The molecular weight excluding hydrogens is 259 g/mol. The van der Waals surface area contributed by atoms with Crippen LogP contribution in [0.4, 0.5) is 0 Å². The summed E-state index contributed by atoms with van der Waals surface area (Å²) in [5, 5.41) is 24.2. The van der Waals surface area contributed by atoms with Crippen molar-refractivity contribution in [3.63, 3.8) is 0 Å². The van der Waals surface area contributed by atoms with Gasteiger partial charge in [-0.2, -0.15) is 0 Å². The molecule has 0 aromatic heterocycles. The first-order valence-electron chi connectivity index (χ1n) is 6.07. The van der Waals surface area contributed by atoms with Crippen LogP contribution in [0, 0.1) is 0 Å². The van der Waals surface area contributed by atoms with Gasteiger partial charge >= 0.3 is 18.6 Å². The van der Waals surface area contributed by atoms with Crippen molar-refractivity contribution in [3.05, 3.63) is 0 Å². The smallest absolute Gasteiger partial charge is 2.00 e. The molecule has 0 unspecified atom stereocenters. The van der Waals surface area contributed by atoms with Gasteiger partial charge in [0.1, 0.15) is 0 Å². The molecule has 0 atom stereocenters. The third-order valence-electron chi connectivity index (χ3n) is 1.54. The Morgan fingerprint density at radius 1 is 0.588 bits per heavy atom. The van der Waals surface area contributed by atoms with Gasteiger partial charge in [-0.3, -0.25) is 0 Å². The van der Waals surface area contributed by atoms with E-state index in [2.05, 4.69) is 20.8 Å². The molecule has 0 aliphatic heterocycles. The molecule has 0 spiro atoms. The first-order valence-corrected chi connectivity index (χ1v) is 6.07. The standard InChI is InChI=1S/3C4H10O.O.V/c3*1-2-3-4-5;;/h3*5H,2-4H2,1H3;;/q;;;-2;+2. The van der Waals surface area contributed by atoms with Crippen LogP contribution in [0.5, 0.6) is 0 Å². The Morgan fingerprint density at radius 3 is 0.765 bits per heavy atom. The second kappa shape index (κ2) is 44.0. The second-order valence-electron chi connectivity index (χ2n) is 3.23. The molecule has 5 heteroatoms. The molecule has 0 heterocycles. The number of aliphatic hydroxyl groups is 3. The molecule has 0 amide bonds. The molecule has 0 saturated carbocycles. The third kappa shape index (κ3) is 82.8. The predicted molar refractivity (Wildman–Crippen MR) is 66.7 cm³/mol. The van der Waals surface area contributed by atoms with E-state index >= 15 is 0 Å². The molecule has 4 nitrogen and oxygen atoms in total. The zero-order valence-corrected chi connectivity index (χ0v) is 13.0. The Kier molecular flexibility index (Phi) is 78.8. The first-order chi connectivity index (χ1) is 7.24. The third-order valence-corrected chi connectivity index (χ3v) is 1.54. The Balaban J connectivity index is -0.0000000400. The fraction of sp³-hybridized carbons (Fsp3) is 1.00. The average Bonchev–Trinajstić information content (AvgIpc) is 2.23. The number of rotatable bonds is 6. The summed E-state index contributed by atoms with van der Waals surface area (Å²) in [5.74, 6) is 0. The van der Waals surface area contributed by atoms with Crippen LogP contribution < -0.4 is 0 Å². The van der Waals surface area contributed by atoms with Crippen LogP contribution in [0.25, 0.3) is 0 Å². The summed E-state index contributed by atoms with van der Waals surface area (Å²) in [7, 11) is 0. The zero-order valence-electron chi connectivity index (χ0n) is 11.6. The van der Waals surface area contributed by atoms with Crippen LogP contribution in [-0.2, 0) is 24.0 Å². The Morgan fingerprint density at radius 2 is 0.765 bits per heavy atom. The van der Waals surface area contributed by atoms with Gasteiger partial charge in [-0.05, 0) is 19.3 Å². The number of aliphatic hydroxyl groups excluding tert-OH is 3. The maximum absolute atomic E-state index is 8.07. The SMILES string of the molecule is CCCCO.CCCCO.CCCCO.[O-2].[V+2]. The predicted octanol–water partition coefficient (Wildman–Crippen LogP) is 2.22. The minimum atomic E-state index is 0. The summed E-state index contributed by atoms with van der Waals surface area (Å²) in [6, 6.07) is 0. The molecule has 0 aromatic rings. The van der Waals surface area contributed by atoms with E-state index in [1.165, 1.54) is 0 Å². The van der Waals surface area contributed by atoms with Gasteiger partial charge in [-0.15, -0.1) is 0 Å². The largest absolute Gasteiger partial charge is 2.00 e. The fourth-order valence-electron chi connectivity index (χ4n) is 0.474. The zero-order chi connectivity index (χ0) is 12.4. The number of unbranched alkanes of at least 4 members (excludes halogenated alkanes) is 3. The molecule has 0 fully saturated rings. The van der Waals surface area contributed by atoms with Gasteiger partial charge in [-0.1, -0.05) is 40.0 Å². The van der Waals surface area contributed by atoms with Gasteiger partial charge < -0.3 is 20.8 Å². The van der Waals surface area contributed by atoms with Gasteiger partial charge in [0.2, 0.25) is 0 Å². The Bertz CT molecular complexity index is 55.3. The topological polar surface area (TPSA) is 89.2 Å². The summed E-state index contributed by atoms with van der Waals surface area (Å²) < 4.78 is 0. The minimum Gasteiger partial charge on any atom is -2.00 e. The van der Waals surface area contributed by atoms with Gasteiger partial charge in [0.05, 0.1) is 0 Å². The van der Waals surface area contributed by atoms with Crippen molar-refractivity contribution in [3.8, 4) is 0 Å². The minimum absolute atomic E-state index is 0. The molecule has 0 rings (SSSR count). The Labute approximate surface area is 119 Å². The molecular formula is C12H30O4V. The van der Waals surface area contributed by atoms with Crippen molar-refractivity contribution in [1.82, 2.24) is 0 Å². The van der Waals surface area contributed by atoms with Crippen LogP contribution in [0.15, 0.2) is 0 Å². The van der Waals surface area contributed by atoms with Crippen LogP contribution >= 0.6 is 0 Å². The van der Waals surface area contributed by atoms with Gasteiger partial charge in [0, 0.05) is 19.8 Å². The van der Waals surface area contributed by atoms with Gasteiger partial charge in [0.15, 0.2) is 0 Å². The van der Waals surface area contributed by atoms with Crippen LogP contribution in [0.3, 0.4) is 0 Å². The number of hydrogen-bond acceptors (Lipinski definition) is 3. The van der Waals surface area contributed by atoms with Crippen molar-refractivity contribution in [2.24, 2.45) is 0 Å². The maximum Gasteiger partial charge on any atom is 2.00 e. The summed E-state index contributed by atoms with van der Waals surface area (Å²) >= 11 is 0. The second-order valence-corrected chi connectivity index (χ2v) is 3.23. The summed E-state index contributed by atoms with van der Waals surface area (Å²) in [6.07, 6.45) is 6.11. The molecule has 0 saturated heterocycles. The van der Waals surface area contributed by atoms with Crippen molar-refractivity contribution in [2.75, 3.05) is 19.8 Å². The molecule has 1 radical (unpaired) electrons. The molecule has 0 bridgehead atoms. The van der Waals surface area contributed by atoms with E-state index in [1.807, 2.05) is 0 Å². The quantitative estimate of drug-likeness (QED) is 0.700. The van der Waals surface area contributed by atoms with Crippen molar-refractivity contribution >= 4 is 0 Å². The van der Waals surface area contributed by atoms with E-state index in [0.717, 1.165) is 38.5 Å². The molecule has 0 aliphatic rings. The maximum atomic E-state index is 8.07. The van der Waals surface area contributed by atoms with Gasteiger partial charge in [0.25, 0.3) is 0 Å². The molecule has 3 N–H and O–H groups in total. The van der Waals surface area contributed by atoms with E-state index in [4.69, 9.17) is 15.3 Å². The monoisotopic (exact) mass is 289 g/mol.